The van der Waals surface area contributed by atoms with E-state index >= 15 is 0 Å². The number of hydrogen-bond donors (Lipinski definition) is 2. The van der Waals surface area contributed by atoms with E-state index in [1.807, 2.05) is 78.6 Å². The van der Waals surface area contributed by atoms with Gasteiger partial charge in [0.15, 0.2) is 6.61 Å². The lowest BCUT2D eigenvalue weighted by atomic mass is 10.0. The van der Waals surface area contributed by atoms with Crippen LogP contribution < -0.4 is 10.1 Å². The van der Waals surface area contributed by atoms with Crippen LogP contribution in [0.2, 0.25) is 0 Å². The molecule has 0 unspecified atom stereocenters. The lowest BCUT2D eigenvalue weighted by Crippen LogP contribution is -2.54. The number of aryl methyl sites for hydroxylation is 1. The molecule has 1 aromatic heterocycles. The van der Waals surface area contributed by atoms with Crippen LogP contribution in [0.3, 0.4) is 0 Å². The first kappa shape index (κ1) is 25.3. The zero-order valence-corrected chi connectivity index (χ0v) is 21.3. The minimum absolute atomic E-state index is 0.0166. The highest BCUT2D eigenvalue weighted by molar-refractivity contribution is 6.01. The van der Waals surface area contributed by atoms with E-state index in [-0.39, 0.29) is 11.9 Å². The molecule has 1 aliphatic rings. The molecule has 0 spiro atoms. The number of carbonyl (C=O) groups excluding carboxylic acids is 1. The van der Waals surface area contributed by atoms with Crippen molar-refractivity contribution < 1.29 is 19.4 Å². The second-order valence-corrected chi connectivity index (χ2v) is 9.48. The second kappa shape index (κ2) is 11.4. The molecule has 1 aliphatic heterocycles. The summed E-state index contributed by atoms with van der Waals surface area (Å²) in [7, 11) is 0. The summed E-state index contributed by atoms with van der Waals surface area (Å²) in [5.41, 5.74) is 5.22. The van der Waals surface area contributed by atoms with Gasteiger partial charge in [0.05, 0.1) is 11.3 Å². The third-order valence-electron chi connectivity index (χ3n) is 6.82. The van der Waals surface area contributed by atoms with Crippen LogP contribution in [-0.4, -0.2) is 58.7 Å². The van der Waals surface area contributed by atoms with Gasteiger partial charge in [0.25, 0.3) is 5.91 Å². The van der Waals surface area contributed by atoms with Crippen LogP contribution in [0.15, 0.2) is 91.0 Å². The molecule has 7 nitrogen and oxygen atoms in total. The second-order valence-electron chi connectivity index (χ2n) is 9.48. The molecule has 194 valence electrons. The maximum Gasteiger partial charge on any atom is 0.341 e. The van der Waals surface area contributed by atoms with E-state index in [0.29, 0.717) is 17.9 Å². The smallest absolute Gasteiger partial charge is 0.341 e. The zero-order valence-electron chi connectivity index (χ0n) is 21.3. The van der Waals surface area contributed by atoms with E-state index in [1.165, 1.54) is 5.56 Å². The number of para-hydroxylation sites is 1. The van der Waals surface area contributed by atoms with Gasteiger partial charge in [-0.25, -0.2) is 4.79 Å². The van der Waals surface area contributed by atoms with Crippen LogP contribution in [0.4, 0.5) is 0 Å². The fourth-order valence-electron chi connectivity index (χ4n) is 5.13. The monoisotopic (exact) mass is 509 g/mol. The molecule has 4 aromatic rings. The topological polar surface area (TPSA) is 83.8 Å². The van der Waals surface area contributed by atoms with Gasteiger partial charge in [0.1, 0.15) is 5.75 Å². The number of benzene rings is 3. The summed E-state index contributed by atoms with van der Waals surface area (Å²) in [5.74, 6) is -0.624. The number of hydrogen-bond acceptors (Lipinski definition) is 4. The first-order valence-corrected chi connectivity index (χ1v) is 12.8. The first-order valence-electron chi connectivity index (χ1n) is 12.8. The van der Waals surface area contributed by atoms with Crippen molar-refractivity contribution in [2.75, 3.05) is 26.2 Å². The summed E-state index contributed by atoms with van der Waals surface area (Å²) < 4.78 is 7.55. The van der Waals surface area contributed by atoms with Gasteiger partial charge in [-0.3, -0.25) is 4.79 Å². The largest absolute Gasteiger partial charge is 0.482 e. The molecule has 0 aliphatic carbocycles. The molecule has 1 amide bonds. The van der Waals surface area contributed by atoms with E-state index in [0.717, 1.165) is 42.1 Å². The van der Waals surface area contributed by atoms with E-state index < -0.39 is 12.6 Å². The Bertz CT molecular complexity index is 1420. The molecule has 2 heterocycles. The summed E-state index contributed by atoms with van der Waals surface area (Å²) in [4.78, 5) is 27.3. The summed E-state index contributed by atoms with van der Waals surface area (Å²) >= 11 is 0. The van der Waals surface area contributed by atoms with Crippen molar-refractivity contribution in [1.82, 2.24) is 14.8 Å². The normalized spacial score (nSPS) is 15.3. The number of ether oxygens (including phenoxy) is 1. The SMILES string of the molecule is Cc1cc(C(=O)N2CCNC[C@H]2Cc2ccccc2)c(-c2cccc(OCC(=O)O)c2)n1-c1ccccc1. The summed E-state index contributed by atoms with van der Waals surface area (Å²) in [5, 5.41) is 12.5. The van der Waals surface area contributed by atoms with Gasteiger partial charge in [-0.1, -0.05) is 60.7 Å². The van der Waals surface area contributed by atoms with E-state index in [2.05, 4.69) is 22.0 Å². The molecule has 0 bridgehead atoms. The number of amides is 1. The van der Waals surface area contributed by atoms with E-state index in [4.69, 9.17) is 9.84 Å². The van der Waals surface area contributed by atoms with Crippen LogP contribution in [0.1, 0.15) is 21.6 Å². The zero-order chi connectivity index (χ0) is 26.5. The standard InChI is InChI=1S/C31H31N3O4/c1-22-17-28(31(37)33-16-15-32-20-26(33)18-23-9-4-2-5-10-23)30(34(22)25-12-6-3-7-13-25)24-11-8-14-27(19-24)38-21-29(35)36/h2-14,17,19,26,32H,15-16,18,20-21H2,1H3,(H,35,36)/t26-/m1/s1. The molecular formula is C31H31N3O4. The fourth-order valence-corrected chi connectivity index (χ4v) is 5.13. The number of carboxylic acid groups (broad SMARTS) is 1. The van der Waals surface area contributed by atoms with Gasteiger partial charge < -0.3 is 24.6 Å². The van der Waals surface area contributed by atoms with Crippen LogP contribution >= 0.6 is 0 Å². The number of carboxylic acids is 1. The average molecular weight is 510 g/mol. The molecule has 0 saturated carbocycles. The van der Waals surface area contributed by atoms with Gasteiger partial charge in [-0.05, 0) is 49.2 Å². The van der Waals surface area contributed by atoms with Crippen molar-refractivity contribution >= 4 is 11.9 Å². The minimum Gasteiger partial charge on any atom is -0.482 e. The third kappa shape index (κ3) is 5.48. The molecule has 3 aromatic carbocycles. The Morgan fingerprint density at radius 1 is 0.974 bits per heavy atom. The maximum absolute atomic E-state index is 14.3. The maximum atomic E-state index is 14.3. The predicted octanol–water partition coefficient (Wildman–Crippen LogP) is 4.57. The highest BCUT2D eigenvalue weighted by atomic mass is 16.5. The average Bonchev–Trinajstić information content (AvgIpc) is 3.30. The summed E-state index contributed by atoms with van der Waals surface area (Å²) in [6.07, 6.45) is 0.770. The van der Waals surface area contributed by atoms with Gasteiger partial charge in [-0.15, -0.1) is 0 Å². The molecule has 1 atom stereocenters. The highest BCUT2D eigenvalue weighted by Gasteiger charge is 2.31. The van der Waals surface area contributed by atoms with Gasteiger partial charge in [0, 0.05) is 42.6 Å². The number of rotatable bonds is 8. The minimum atomic E-state index is -1.04. The van der Waals surface area contributed by atoms with E-state index in [1.54, 1.807) is 12.1 Å². The molecule has 0 radical (unpaired) electrons. The number of nitrogens with zero attached hydrogens (tertiary/aromatic N) is 2. The number of piperazine rings is 1. The van der Waals surface area contributed by atoms with Crippen molar-refractivity contribution in [3.8, 4) is 22.7 Å². The molecule has 38 heavy (non-hydrogen) atoms. The third-order valence-corrected chi connectivity index (χ3v) is 6.82. The number of nitrogens with one attached hydrogen (secondary N) is 1. The summed E-state index contributed by atoms with van der Waals surface area (Å²) in [6.45, 7) is 3.65. The predicted molar refractivity (Wildman–Crippen MR) is 147 cm³/mol. The summed E-state index contributed by atoms with van der Waals surface area (Å²) in [6, 6.07) is 29.4. The molecule has 7 heteroatoms. The number of aromatic nitrogens is 1. The quantitative estimate of drug-likeness (QED) is 0.364. The van der Waals surface area contributed by atoms with Crippen LogP contribution in [0, 0.1) is 6.92 Å². The molecule has 1 fully saturated rings. The Hall–Kier alpha value is -4.36. The van der Waals surface area contributed by atoms with Gasteiger partial charge >= 0.3 is 5.97 Å². The molecular weight excluding hydrogens is 478 g/mol. The Morgan fingerprint density at radius 3 is 2.45 bits per heavy atom. The van der Waals surface area contributed by atoms with Crippen molar-refractivity contribution in [2.24, 2.45) is 0 Å². The highest BCUT2D eigenvalue weighted by Crippen LogP contribution is 2.34. The Morgan fingerprint density at radius 2 is 1.71 bits per heavy atom. The van der Waals surface area contributed by atoms with Crippen molar-refractivity contribution in [2.45, 2.75) is 19.4 Å². The number of aliphatic carboxylic acids is 1. The van der Waals surface area contributed by atoms with E-state index in [9.17, 15) is 9.59 Å². The Kier molecular flexibility index (Phi) is 7.56. The van der Waals surface area contributed by atoms with Crippen LogP contribution in [0.25, 0.3) is 16.9 Å². The fraction of sp³-hybridized carbons (Fsp3) is 0.226. The number of carbonyl (C=O) groups is 2. The Labute approximate surface area is 222 Å². The molecule has 2 N–H and O–H groups in total. The molecule has 5 rings (SSSR count). The van der Waals surface area contributed by atoms with Crippen LogP contribution in [0.5, 0.6) is 5.75 Å². The Balaban J connectivity index is 1.58. The van der Waals surface area contributed by atoms with Crippen molar-refractivity contribution in [3.05, 3.63) is 108 Å². The van der Waals surface area contributed by atoms with Crippen molar-refractivity contribution in [3.63, 3.8) is 0 Å². The van der Waals surface area contributed by atoms with Gasteiger partial charge in [-0.2, -0.15) is 0 Å². The van der Waals surface area contributed by atoms with Crippen LogP contribution in [-0.2, 0) is 11.2 Å². The van der Waals surface area contributed by atoms with Crippen molar-refractivity contribution in [1.29, 1.82) is 0 Å². The lowest BCUT2D eigenvalue weighted by molar-refractivity contribution is -0.139. The lowest BCUT2D eigenvalue weighted by Gasteiger charge is -2.36. The van der Waals surface area contributed by atoms with Gasteiger partial charge in [0.2, 0.25) is 0 Å². The first-order chi connectivity index (χ1) is 18.5. The molecule has 1 saturated heterocycles.